The number of nitrogens with zero attached hydrogens (tertiary/aromatic N) is 2. The molecule has 0 saturated carbocycles. The van der Waals surface area contributed by atoms with Crippen molar-refractivity contribution in [3.05, 3.63) is 95.1 Å². The summed E-state index contributed by atoms with van der Waals surface area (Å²) < 4.78 is 17.4. The van der Waals surface area contributed by atoms with Gasteiger partial charge in [0, 0.05) is 45.2 Å². The third-order valence-corrected chi connectivity index (χ3v) is 8.73. The first-order valence-electron chi connectivity index (χ1n) is 15.9. The van der Waals surface area contributed by atoms with Gasteiger partial charge >= 0.3 is 5.97 Å². The summed E-state index contributed by atoms with van der Waals surface area (Å²) in [7, 11) is 0. The average molecular weight is 587 g/mol. The van der Waals surface area contributed by atoms with E-state index in [1.165, 1.54) is 22.3 Å². The summed E-state index contributed by atoms with van der Waals surface area (Å²) >= 11 is 0. The summed E-state index contributed by atoms with van der Waals surface area (Å²) in [6.07, 6.45) is 4.39. The van der Waals surface area contributed by atoms with Crippen molar-refractivity contribution >= 4 is 5.97 Å². The first-order valence-corrected chi connectivity index (χ1v) is 15.9. The summed E-state index contributed by atoms with van der Waals surface area (Å²) in [5, 5.41) is 8.69. The Bertz CT molecular complexity index is 1270. The Morgan fingerprint density at radius 2 is 1.49 bits per heavy atom. The minimum absolute atomic E-state index is 0.227. The molecule has 0 unspecified atom stereocenters. The van der Waals surface area contributed by atoms with Crippen LogP contribution in [0.25, 0.3) is 0 Å². The second-order valence-corrected chi connectivity index (χ2v) is 11.6. The lowest BCUT2D eigenvalue weighted by Gasteiger charge is -2.35. The number of ether oxygens (including phenoxy) is 3. The number of aryl methyl sites for hydroxylation is 1. The van der Waals surface area contributed by atoms with Crippen LogP contribution in [-0.4, -0.2) is 86.6 Å². The highest BCUT2D eigenvalue weighted by molar-refractivity contribution is 5.68. The number of hydrogen-bond donors (Lipinski definition) is 1. The molecule has 3 aromatic rings. The molecular formula is C36H46N2O5. The Hall–Kier alpha value is -3.39. The first kappa shape index (κ1) is 31.0. The van der Waals surface area contributed by atoms with E-state index < -0.39 is 5.97 Å². The smallest absolute Gasteiger partial charge is 0.329 e. The van der Waals surface area contributed by atoms with E-state index in [2.05, 4.69) is 89.5 Å². The molecule has 7 nitrogen and oxygen atoms in total. The van der Waals surface area contributed by atoms with Crippen molar-refractivity contribution in [2.75, 3.05) is 65.7 Å². The van der Waals surface area contributed by atoms with Crippen LogP contribution in [0, 0.1) is 0 Å². The summed E-state index contributed by atoms with van der Waals surface area (Å²) in [5.74, 6) is 1.69. The molecule has 1 heterocycles. The molecule has 5 rings (SSSR count). The maximum absolute atomic E-state index is 10.6. The summed E-state index contributed by atoms with van der Waals surface area (Å²) in [6.45, 7) is 9.39. The Morgan fingerprint density at radius 3 is 2.19 bits per heavy atom. The van der Waals surface area contributed by atoms with Gasteiger partial charge in [0.25, 0.3) is 0 Å². The van der Waals surface area contributed by atoms with Crippen LogP contribution in [-0.2, 0) is 16.0 Å². The second-order valence-electron chi connectivity index (χ2n) is 11.6. The Morgan fingerprint density at radius 1 is 0.814 bits per heavy atom. The standard InChI is InChI=1S/C36H46N2O5/c1-2-3-23-42-32-14-16-34-30(26-32)11-15-33(28-7-5-4-6-8-28)36(34)29-9-12-31(13-10-29)43-25-22-38-19-17-37(18-20-38)21-24-41-27-35(39)40/h4-10,12-14,16,26,33,36H,2-3,11,15,17-25,27H2,1H3,(H,39,40)/t33-,36+/m1/s1. The molecule has 1 N–H and O–H groups in total. The third-order valence-electron chi connectivity index (χ3n) is 8.73. The molecule has 1 saturated heterocycles. The fourth-order valence-electron chi connectivity index (χ4n) is 6.35. The van der Waals surface area contributed by atoms with Gasteiger partial charge in [-0.3, -0.25) is 9.80 Å². The maximum atomic E-state index is 10.6. The monoisotopic (exact) mass is 586 g/mol. The van der Waals surface area contributed by atoms with E-state index in [-0.39, 0.29) is 12.5 Å². The van der Waals surface area contributed by atoms with Gasteiger partial charge in [-0.15, -0.1) is 0 Å². The van der Waals surface area contributed by atoms with Gasteiger partial charge in [0.1, 0.15) is 24.7 Å². The number of aliphatic carboxylic acids is 1. The molecule has 0 aromatic heterocycles. The van der Waals surface area contributed by atoms with Gasteiger partial charge in [-0.25, -0.2) is 4.79 Å². The van der Waals surface area contributed by atoms with E-state index in [0.717, 1.165) is 83.1 Å². The number of hydrogen-bond acceptors (Lipinski definition) is 6. The number of carboxylic acids is 1. The number of benzene rings is 3. The van der Waals surface area contributed by atoms with Gasteiger partial charge in [-0.05, 0) is 71.7 Å². The lowest BCUT2D eigenvalue weighted by Crippen LogP contribution is -2.48. The van der Waals surface area contributed by atoms with Gasteiger partial charge in [0.05, 0.1) is 13.2 Å². The van der Waals surface area contributed by atoms with Crippen LogP contribution in [0.1, 0.15) is 60.3 Å². The van der Waals surface area contributed by atoms with Crippen LogP contribution in [0.3, 0.4) is 0 Å². The lowest BCUT2D eigenvalue weighted by molar-refractivity contribution is -0.142. The van der Waals surface area contributed by atoms with E-state index >= 15 is 0 Å². The fraction of sp³-hybridized carbons (Fsp3) is 0.472. The minimum Gasteiger partial charge on any atom is -0.494 e. The van der Waals surface area contributed by atoms with Gasteiger partial charge in [0.15, 0.2) is 0 Å². The summed E-state index contributed by atoms with van der Waals surface area (Å²) in [6, 6.07) is 26.4. The quantitative estimate of drug-likeness (QED) is 0.225. The van der Waals surface area contributed by atoms with E-state index in [0.29, 0.717) is 19.1 Å². The molecule has 0 bridgehead atoms. The molecule has 1 aliphatic heterocycles. The van der Waals surface area contributed by atoms with E-state index in [4.69, 9.17) is 19.3 Å². The van der Waals surface area contributed by atoms with Crippen molar-refractivity contribution in [3.63, 3.8) is 0 Å². The molecule has 2 atom stereocenters. The molecule has 2 aliphatic rings. The Balaban J connectivity index is 1.17. The fourth-order valence-corrected chi connectivity index (χ4v) is 6.35. The third kappa shape index (κ3) is 8.82. The largest absolute Gasteiger partial charge is 0.494 e. The number of piperazine rings is 1. The predicted molar refractivity (Wildman–Crippen MR) is 169 cm³/mol. The summed E-state index contributed by atoms with van der Waals surface area (Å²) in [5.41, 5.74) is 5.53. The Kier molecular flexibility index (Phi) is 11.5. The van der Waals surface area contributed by atoms with Crippen molar-refractivity contribution in [2.45, 2.75) is 44.4 Å². The van der Waals surface area contributed by atoms with Crippen molar-refractivity contribution in [3.8, 4) is 11.5 Å². The number of fused-ring (bicyclic) bond motifs is 1. The van der Waals surface area contributed by atoms with Gasteiger partial charge in [0.2, 0.25) is 0 Å². The number of carboxylic acid groups (broad SMARTS) is 1. The average Bonchev–Trinajstić information content (AvgIpc) is 3.04. The highest BCUT2D eigenvalue weighted by atomic mass is 16.5. The van der Waals surface area contributed by atoms with E-state index in [9.17, 15) is 4.79 Å². The van der Waals surface area contributed by atoms with E-state index in [1.54, 1.807) is 0 Å². The van der Waals surface area contributed by atoms with Gasteiger partial charge < -0.3 is 19.3 Å². The highest BCUT2D eigenvalue weighted by Gasteiger charge is 2.32. The summed E-state index contributed by atoms with van der Waals surface area (Å²) in [4.78, 5) is 15.3. The topological polar surface area (TPSA) is 71.5 Å². The molecule has 230 valence electrons. The molecule has 0 amide bonds. The molecule has 0 spiro atoms. The second kappa shape index (κ2) is 15.9. The molecule has 43 heavy (non-hydrogen) atoms. The van der Waals surface area contributed by atoms with Crippen LogP contribution < -0.4 is 9.47 Å². The zero-order valence-corrected chi connectivity index (χ0v) is 25.5. The molecule has 0 radical (unpaired) electrons. The van der Waals surface area contributed by atoms with Crippen LogP contribution in [0.15, 0.2) is 72.8 Å². The SMILES string of the molecule is CCCCOc1ccc2c(c1)CC[C@H](c1ccccc1)[C@@H]2c1ccc(OCCN2CCN(CCOCC(=O)O)CC2)cc1. The molecular weight excluding hydrogens is 540 g/mol. The molecule has 1 aliphatic carbocycles. The molecule has 7 heteroatoms. The lowest BCUT2D eigenvalue weighted by atomic mass is 9.69. The minimum atomic E-state index is -0.919. The maximum Gasteiger partial charge on any atom is 0.329 e. The Labute approximate surface area is 256 Å². The number of carbonyl (C=O) groups is 1. The van der Waals surface area contributed by atoms with Gasteiger partial charge in [-0.2, -0.15) is 0 Å². The van der Waals surface area contributed by atoms with Crippen molar-refractivity contribution in [1.82, 2.24) is 9.80 Å². The molecule has 1 fully saturated rings. The first-order chi connectivity index (χ1) is 21.1. The van der Waals surface area contributed by atoms with Crippen molar-refractivity contribution < 1.29 is 24.1 Å². The van der Waals surface area contributed by atoms with Crippen LogP contribution in [0.5, 0.6) is 11.5 Å². The zero-order chi connectivity index (χ0) is 29.9. The van der Waals surface area contributed by atoms with Crippen molar-refractivity contribution in [1.29, 1.82) is 0 Å². The highest BCUT2D eigenvalue weighted by Crippen LogP contribution is 2.47. The molecule has 3 aromatic carbocycles. The zero-order valence-electron chi connectivity index (χ0n) is 25.5. The van der Waals surface area contributed by atoms with Crippen LogP contribution in [0.4, 0.5) is 0 Å². The number of rotatable bonds is 15. The number of unbranched alkanes of at least 4 members (excludes halogenated alkanes) is 1. The van der Waals surface area contributed by atoms with Crippen LogP contribution in [0.2, 0.25) is 0 Å². The predicted octanol–water partition coefficient (Wildman–Crippen LogP) is 5.83. The normalized spacial score (nSPS) is 19.1. The van der Waals surface area contributed by atoms with E-state index in [1.807, 2.05) is 0 Å². The van der Waals surface area contributed by atoms with Gasteiger partial charge in [-0.1, -0.05) is 61.9 Å². The van der Waals surface area contributed by atoms with Crippen molar-refractivity contribution in [2.24, 2.45) is 0 Å². The van der Waals surface area contributed by atoms with Crippen LogP contribution >= 0.6 is 0 Å².